The van der Waals surface area contributed by atoms with E-state index in [0.29, 0.717) is 44.6 Å². The molecule has 50 heavy (non-hydrogen) atoms. The maximum absolute atomic E-state index is 12.4. The van der Waals surface area contributed by atoms with E-state index in [9.17, 15) is 4.79 Å². The third-order valence-electron chi connectivity index (χ3n) is 9.01. The Morgan fingerprint density at radius 1 is 0.660 bits per heavy atom. The lowest BCUT2D eigenvalue weighted by molar-refractivity contribution is -0.121. The van der Waals surface area contributed by atoms with Gasteiger partial charge in [0.15, 0.2) is 0 Å². The second kappa shape index (κ2) is 28.2. The summed E-state index contributed by atoms with van der Waals surface area (Å²) < 4.78 is 17.6. The summed E-state index contributed by atoms with van der Waals surface area (Å²) in [5.41, 5.74) is 0.572. The highest BCUT2D eigenvalue weighted by Gasteiger charge is 2.24. The first-order valence-corrected chi connectivity index (χ1v) is 20.5. The SMILES string of the molecule is CC.CCCCCCCCCCCCCCCCCCCCCC(=O)NCC(C)(C)COCC(C)(C)COc1ccc(-c2nnc(C)o2)cc1. The molecule has 2 aromatic rings. The molecule has 0 spiro atoms. The van der Waals surface area contributed by atoms with Crippen LogP contribution in [0.1, 0.15) is 183 Å². The summed E-state index contributed by atoms with van der Waals surface area (Å²) in [4.78, 5) is 12.4. The third kappa shape index (κ3) is 23.9. The topological polar surface area (TPSA) is 86.5 Å². The molecule has 1 N–H and O–H groups in total. The van der Waals surface area contributed by atoms with Gasteiger partial charge in [-0.2, -0.15) is 0 Å². The number of rotatable bonds is 30. The fraction of sp³-hybridized carbons (Fsp3) is 0.791. The average molecular weight is 700 g/mol. The van der Waals surface area contributed by atoms with Gasteiger partial charge >= 0.3 is 0 Å². The van der Waals surface area contributed by atoms with Crippen LogP contribution in [0.5, 0.6) is 5.75 Å². The molecular weight excluding hydrogens is 622 g/mol. The number of aryl methyl sites for hydroxylation is 1. The Hall–Kier alpha value is -2.41. The molecule has 0 aliphatic carbocycles. The van der Waals surface area contributed by atoms with Crippen LogP contribution in [0.3, 0.4) is 0 Å². The normalized spacial score (nSPS) is 11.7. The van der Waals surface area contributed by atoms with Crippen LogP contribution in [0.2, 0.25) is 0 Å². The minimum absolute atomic E-state index is 0.136. The molecule has 1 amide bonds. The quantitative estimate of drug-likeness (QED) is 0.0817. The van der Waals surface area contributed by atoms with E-state index in [2.05, 4.69) is 50.1 Å². The van der Waals surface area contributed by atoms with Crippen LogP contribution < -0.4 is 10.1 Å². The van der Waals surface area contributed by atoms with Crippen molar-refractivity contribution < 1.29 is 18.7 Å². The Kier molecular flexibility index (Phi) is 25.7. The van der Waals surface area contributed by atoms with Crippen LogP contribution in [-0.2, 0) is 9.53 Å². The van der Waals surface area contributed by atoms with E-state index >= 15 is 0 Å². The second-order valence-electron chi connectivity index (χ2n) is 15.7. The first kappa shape index (κ1) is 45.6. The van der Waals surface area contributed by atoms with Gasteiger partial charge in [0.2, 0.25) is 17.7 Å². The van der Waals surface area contributed by atoms with Crippen molar-refractivity contribution in [3.05, 3.63) is 30.2 Å². The molecule has 0 saturated carbocycles. The molecule has 0 atom stereocenters. The number of unbranched alkanes of at least 4 members (excludes halogenated alkanes) is 18. The lowest BCUT2D eigenvalue weighted by Crippen LogP contribution is -2.38. The highest BCUT2D eigenvalue weighted by atomic mass is 16.5. The van der Waals surface area contributed by atoms with Gasteiger partial charge in [-0.25, -0.2) is 0 Å². The van der Waals surface area contributed by atoms with Crippen molar-refractivity contribution >= 4 is 5.91 Å². The molecular formula is C43H77N3O4. The number of benzene rings is 1. The van der Waals surface area contributed by atoms with Gasteiger partial charge in [-0.3, -0.25) is 4.79 Å². The standard InChI is InChI=1S/C41H71N3O4.C2H6/c1-7-8-9-10-11-12-13-14-15-16-17-18-19-20-21-22-23-24-25-26-38(45)42-31-40(3,4)32-46-33-41(5,6)34-47-37-29-27-36(28-30-37)39-44-43-35(2)48-39;1-2/h27-30H,7-26,31-34H2,1-6H3,(H,42,45);1-2H3. The first-order valence-electron chi connectivity index (χ1n) is 20.5. The zero-order valence-corrected chi connectivity index (χ0v) is 33.8. The van der Waals surface area contributed by atoms with E-state index in [1.54, 1.807) is 6.92 Å². The van der Waals surface area contributed by atoms with Crippen molar-refractivity contribution in [1.82, 2.24) is 15.5 Å². The fourth-order valence-corrected chi connectivity index (χ4v) is 5.87. The first-order chi connectivity index (χ1) is 24.1. The number of carbonyl (C=O) groups excluding carboxylic acids is 1. The summed E-state index contributed by atoms with van der Waals surface area (Å²) in [7, 11) is 0. The van der Waals surface area contributed by atoms with Crippen molar-refractivity contribution in [2.45, 2.75) is 184 Å². The summed E-state index contributed by atoms with van der Waals surface area (Å²) in [6.45, 7) is 18.9. The van der Waals surface area contributed by atoms with Gasteiger partial charge in [0.05, 0.1) is 19.8 Å². The molecule has 0 radical (unpaired) electrons. The number of carbonyl (C=O) groups is 1. The second-order valence-corrected chi connectivity index (χ2v) is 15.7. The van der Waals surface area contributed by atoms with Crippen molar-refractivity contribution in [3.8, 4) is 17.2 Å². The molecule has 0 saturated heterocycles. The van der Waals surface area contributed by atoms with E-state index in [0.717, 1.165) is 24.2 Å². The molecule has 1 heterocycles. The van der Waals surface area contributed by atoms with Gasteiger partial charge in [0.1, 0.15) is 5.75 Å². The molecule has 0 unspecified atom stereocenters. The largest absolute Gasteiger partial charge is 0.493 e. The van der Waals surface area contributed by atoms with E-state index in [4.69, 9.17) is 13.9 Å². The van der Waals surface area contributed by atoms with Crippen LogP contribution in [0.15, 0.2) is 28.7 Å². The Labute approximate surface area is 307 Å². The molecule has 0 fully saturated rings. The lowest BCUT2D eigenvalue weighted by Gasteiger charge is -2.29. The highest BCUT2D eigenvalue weighted by Crippen LogP contribution is 2.25. The number of nitrogens with zero attached hydrogens (tertiary/aromatic N) is 2. The Morgan fingerprint density at radius 2 is 1.12 bits per heavy atom. The number of nitrogens with one attached hydrogen (secondary N) is 1. The van der Waals surface area contributed by atoms with Crippen LogP contribution in [-0.4, -0.2) is 42.5 Å². The van der Waals surface area contributed by atoms with Gasteiger partial charge < -0.3 is 19.2 Å². The van der Waals surface area contributed by atoms with E-state index in [1.807, 2.05) is 38.1 Å². The molecule has 7 heteroatoms. The number of aromatic nitrogens is 2. The third-order valence-corrected chi connectivity index (χ3v) is 9.01. The molecule has 288 valence electrons. The Morgan fingerprint density at radius 3 is 1.58 bits per heavy atom. The summed E-state index contributed by atoms with van der Waals surface area (Å²) in [6.07, 6.45) is 26.5. The number of amides is 1. The predicted molar refractivity (Wildman–Crippen MR) is 211 cm³/mol. The number of ether oxygens (including phenoxy) is 2. The van der Waals surface area contributed by atoms with E-state index in [1.165, 1.54) is 109 Å². The molecule has 2 rings (SSSR count). The highest BCUT2D eigenvalue weighted by molar-refractivity contribution is 5.75. The van der Waals surface area contributed by atoms with Gasteiger partial charge in [0, 0.05) is 36.3 Å². The molecule has 1 aromatic heterocycles. The number of hydrogen-bond acceptors (Lipinski definition) is 6. The fourth-order valence-electron chi connectivity index (χ4n) is 5.87. The van der Waals surface area contributed by atoms with Crippen molar-refractivity contribution in [2.75, 3.05) is 26.4 Å². The molecule has 0 bridgehead atoms. The summed E-state index contributed by atoms with van der Waals surface area (Å²) in [5, 5.41) is 11.1. The predicted octanol–water partition coefficient (Wildman–Crippen LogP) is 12.5. The van der Waals surface area contributed by atoms with Gasteiger partial charge in [-0.05, 0) is 30.7 Å². The van der Waals surface area contributed by atoms with Crippen LogP contribution in [0.25, 0.3) is 11.5 Å². The molecule has 1 aromatic carbocycles. The van der Waals surface area contributed by atoms with E-state index in [-0.39, 0.29) is 16.7 Å². The minimum Gasteiger partial charge on any atom is -0.493 e. The van der Waals surface area contributed by atoms with Gasteiger partial charge in [0.25, 0.3) is 0 Å². The summed E-state index contributed by atoms with van der Waals surface area (Å²) in [6, 6.07) is 7.67. The molecule has 0 aliphatic rings. The van der Waals surface area contributed by atoms with Crippen molar-refractivity contribution in [3.63, 3.8) is 0 Å². The molecule has 0 aliphatic heterocycles. The monoisotopic (exact) mass is 700 g/mol. The lowest BCUT2D eigenvalue weighted by atomic mass is 9.93. The maximum Gasteiger partial charge on any atom is 0.247 e. The zero-order valence-electron chi connectivity index (χ0n) is 33.8. The van der Waals surface area contributed by atoms with Crippen molar-refractivity contribution in [1.29, 1.82) is 0 Å². The number of hydrogen-bond donors (Lipinski definition) is 1. The van der Waals surface area contributed by atoms with Crippen LogP contribution in [0.4, 0.5) is 0 Å². The average Bonchev–Trinajstić information content (AvgIpc) is 3.54. The van der Waals surface area contributed by atoms with Crippen molar-refractivity contribution in [2.24, 2.45) is 10.8 Å². The summed E-state index contributed by atoms with van der Waals surface area (Å²) in [5.74, 6) is 2.00. The molecule has 7 nitrogen and oxygen atoms in total. The Bertz CT molecular complexity index is 1080. The maximum atomic E-state index is 12.4. The van der Waals surface area contributed by atoms with Crippen LogP contribution in [0, 0.1) is 17.8 Å². The van der Waals surface area contributed by atoms with E-state index < -0.39 is 0 Å². The zero-order chi connectivity index (χ0) is 36.9. The summed E-state index contributed by atoms with van der Waals surface area (Å²) >= 11 is 0. The van der Waals surface area contributed by atoms with Crippen LogP contribution >= 0.6 is 0 Å². The minimum atomic E-state index is -0.159. The smallest absolute Gasteiger partial charge is 0.247 e. The van der Waals surface area contributed by atoms with Gasteiger partial charge in [-0.15, -0.1) is 10.2 Å². The van der Waals surface area contributed by atoms with Gasteiger partial charge in [-0.1, -0.05) is 164 Å². The Balaban J connectivity index is 0.00000613.